The molecule has 0 amide bonds. The number of hydrogen-bond acceptors (Lipinski definition) is 2. The van der Waals surface area contributed by atoms with E-state index in [1.54, 1.807) is 0 Å². The second-order valence-corrected chi connectivity index (χ2v) is 1.54. The SMILES string of the molecule is O=C(O)c1ccn[13cH]c1. The van der Waals surface area contributed by atoms with Gasteiger partial charge in [0.15, 0.2) is 0 Å². The van der Waals surface area contributed by atoms with E-state index in [1.165, 1.54) is 24.5 Å². The summed E-state index contributed by atoms with van der Waals surface area (Å²) >= 11 is 0. The summed E-state index contributed by atoms with van der Waals surface area (Å²) in [6.07, 6.45) is 2.90. The lowest BCUT2D eigenvalue weighted by atomic mass is 10.3. The summed E-state index contributed by atoms with van der Waals surface area (Å²) in [5, 5.41) is 8.36. The average molecular weight is 124 g/mol. The average Bonchev–Trinajstić information content (AvgIpc) is 1.90. The van der Waals surface area contributed by atoms with Gasteiger partial charge in [-0.1, -0.05) is 0 Å². The minimum absolute atomic E-state index is 0.269. The van der Waals surface area contributed by atoms with Crippen molar-refractivity contribution in [2.24, 2.45) is 0 Å². The van der Waals surface area contributed by atoms with E-state index in [4.69, 9.17) is 5.11 Å². The molecule has 0 aliphatic rings. The lowest BCUT2D eigenvalue weighted by Gasteiger charge is -1.87. The molecule has 0 saturated heterocycles. The van der Waals surface area contributed by atoms with Gasteiger partial charge in [0.05, 0.1) is 5.56 Å². The van der Waals surface area contributed by atoms with Crippen molar-refractivity contribution in [2.75, 3.05) is 0 Å². The second-order valence-electron chi connectivity index (χ2n) is 1.54. The molecule has 0 aromatic carbocycles. The fourth-order valence-electron chi connectivity index (χ4n) is 0.494. The summed E-state index contributed by atoms with van der Waals surface area (Å²) in [5.74, 6) is -0.919. The van der Waals surface area contributed by atoms with Crippen molar-refractivity contribution in [1.82, 2.24) is 4.98 Å². The van der Waals surface area contributed by atoms with Crippen LogP contribution < -0.4 is 0 Å². The molecule has 3 nitrogen and oxygen atoms in total. The zero-order valence-corrected chi connectivity index (χ0v) is 4.61. The number of carbonyl (C=O) groups is 1. The van der Waals surface area contributed by atoms with Crippen LogP contribution in [-0.2, 0) is 0 Å². The quantitative estimate of drug-likeness (QED) is 0.601. The fourth-order valence-corrected chi connectivity index (χ4v) is 0.494. The van der Waals surface area contributed by atoms with Crippen molar-refractivity contribution in [1.29, 1.82) is 0 Å². The molecule has 1 rings (SSSR count). The number of carboxylic acid groups (broad SMARTS) is 1. The Bertz CT molecular complexity index is 208. The molecule has 3 heteroatoms. The Kier molecular flexibility index (Phi) is 1.44. The Morgan fingerprint density at radius 3 is 2.33 bits per heavy atom. The van der Waals surface area contributed by atoms with Crippen LogP contribution in [0.25, 0.3) is 0 Å². The normalized spacial score (nSPS) is 8.89. The molecule has 0 unspecified atom stereocenters. The Hall–Kier alpha value is -1.38. The Balaban J connectivity index is 2.98. The molecule has 1 heterocycles. The summed E-state index contributed by atoms with van der Waals surface area (Å²) < 4.78 is 0. The van der Waals surface area contributed by atoms with Gasteiger partial charge in [-0.15, -0.1) is 0 Å². The number of hydrogen-bond donors (Lipinski definition) is 1. The van der Waals surface area contributed by atoms with Crippen molar-refractivity contribution >= 4 is 5.97 Å². The largest absolute Gasteiger partial charge is 0.478 e. The first kappa shape index (κ1) is 5.75. The van der Waals surface area contributed by atoms with Crippen molar-refractivity contribution < 1.29 is 9.90 Å². The summed E-state index contributed by atoms with van der Waals surface area (Å²) in [6, 6.07) is 2.89. The van der Waals surface area contributed by atoms with Crippen LogP contribution in [0.3, 0.4) is 0 Å². The lowest BCUT2D eigenvalue weighted by Crippen LogP contribution is -1.94. The van der Waals surface area contributed by atoms with Crippen LogP contribution in [0.15, 0.2) is 24.5 Å². The number of rotatable bonds is 1. The van der Waals surface area contributed by atoms with E-state index in [-0.39, 0.29) is 5.56 Å². The number of aromatic nitrogens is 1. The summed E-state index contributed by atoms with van der Waals surface area (Å²) in [7, 11) is 0. The standard InChI is InChI=1S/C6H5NO2/c8-6(9)5-1-3-7-4-2-5/h1-4H,(H,8,9)/i3+1. The van der Waals surface area contributed by atoms with Gasteiger partial charge in [0, 0.05) is 12.4 Å². The first-order chi connectivity index (χ1) is 4.30. The van der Waals surface area contributed by atoms with Crippen LogP contribution in [0, 0.1) is 0 Å². The van der Waals surface area contributed by atoms with Gasteiger partial charge in [0.25, 0.3) is 0 Å². The molecule has 0 aliphatic carbocycles. The minimum Gasteiger partial charge on any atom is -0.478 e. The van der Waals surface area contributed by atoms with Gasteiger partial charge in [-0.2, -0.15) is 0 Å². The van der Waals surface area contributed by atoms with Gasteiger partial charge in [-0.3, -0.25) is 4.98 Å². The van der Waals surface area contributed by atoms with Gasteiger partial charge in [-0.05, 0) is 12.1 Å². The Labute approximate surface area is 52.0 Å². The number of aromatic carboxylic acids is 1. The Morgan fingerprint density at radius 1 is 1.44 bits per heavy atom. The van der Waals surface area contributed by atoms with E-state index in [2.05, 4.69) is 4.98 Å². The first-order valence-electron chi connectivity index (χ1n) is 2.44. The summed E-state index contributed by atoms with van der Waals surface area (Å²) in [4.78, 5) is 13.8. The van der Waals surface area contributed by atoms with E-state index < -0.39 is 5.97 Å². The van der Waals surface area contributed by atoms with E-state index in [9.17, 15) is 4.79 Å². The van der Waals surface area contributed by atoms with Gasteiger partial charge in [-0.25, -0.2) is 4.79 Å². The third-order valence-electron chi connectivity index (χ3n) is 0.927. The van der Waals surface area contributed by atoms with Crippen molar-refractivity contribution in [3.8, 4) is 0 Å². The third-order valence-corrected chi connectivity index (χ3v) is 0.927. The van der Waals surface area contributed by atoms with Gasteiger partial charge in [0.2, 0.25) is 0 Å². The highest BCUT2D eigenvalue weighted by molar-refractivity contribution is 5.87. The molecule has 9 heavy (non-hydrogen) atoms. The van der Waals surface area contributed by atoms with Crippen molar-refractivity contribution in [2.45, 2.75) is 0 Å². The zero-order valence-electron chi connectivity index (χ0n) is 4.61. The summed E-state index contributed by atoms with van der Waals surface area (Å²) in [5.41, 5.74) is 0.269. The minimum atomic E-state index is -0.919. The second kappa shape index (κ2) is 2.26. The van der Waals surface area contributed by atoms with Crippen LogP contribution >= 0.6 is 0 Å². The van der Waals surface area contributed by atoms with Crippen molar-refractivity contribution in [3.63, 3.8) is 0 Å². The number of carboxylic acids is 1. The van der Waals surface area contributed by atoms with Crippen LogP contribution in [0.1, 0.15) is 10.4 Å². The maximum atomic E-state index is 10.2. The van der Waals surface area contributed by atoms with Crippen LogP contribution in [0.2, 0.25) is 0 Å². The smallest absolute Gasteiger partial charge is 0.335 e. The molecule has 0 fully saturated rings. The first-order valence-corrected chi connectivity index (χ1v) is 2.44. The molecule has 0 bridgehead atoms. The molecule has 0 aliphatic heterocycles. The van der Waals surface area contributed by atoms with E-state index >= 15 is 0 Å². The highest BCUT2D eigenvalue weighted by Gasteiger charge is 1.97. The molecule has 0 saturated carbocycles. The molecular formula is C6H5NO2. The molecule has 1 aromatic heterocycles. The molecule has 1 aromatic rings. The zero-order chi connectivity index (χ0) is 6.69. The van der Waals surface area contributed by atoms with E-state index in [1.807, 2.05) is 0 Å². The Morgan fingerprint density at radius 2 is 2.00 bits per heavy atom. The lowest BCUT2D eigenvalue weighted by molar-refractivity contribution is 0.0697. The monoisotopic (exact) mass is 124 g/mol. The van der Waals surface area contributed by atoms with Crippen LogP contribution in [0.4, 0.5) is 0 Å². The third kappa shape index (κ3) is 1.25. The highest BCUT2D eigenvalue weighted by Crippen LogP contribution is 1.93. The maximum Gasteiger partial charge on any atom is 0.335 e. The maximum absolute atomic E-state index is 10.2. The fraction of sp³-hybridized carbons (Fsp3) is 0. The molecule has 0 spiro atoms. The highest BCUT2D eigenvalue weighted by atomic mass is 16.4. The molecule has 0 radical (unpaired) electrons. The topological polar surface area (TPSA) is 50.2 Å². The molecular weight excluding hydrogens is 119 g/mol. The molecule has 46 valence electrons. The van der Waals surface area contributed by atoms with Crippen LogP contribution in [0.5, 0.6) is 0 Å². The van der Waals surface area contributed by atoms with Gasteiger partial charge < -0.3 is 5.11 Å². The predicted octanol–water partition coefficient (Wildman–Crippen LogP) is 0.780. The van der Waals surface area contributed by atoms with Crippen LogP contribution in [-0.4, -0.2) is 16.1 Å². The predicted molar refractivity (Wildman–Crippen MR) is 31.2 cm³/mol. The number of nitrogens with zero attached hydrogens (tertiary/aromatic N) is 1. The molecule has 1 N–H and O–H groups in total. The van der Waals surface area contributed by atoms with Gasteiger partial charge in [0.1, 0.15) is 0 Å². The van der Waals surface area contributed by atoms with E-state index in [0.29, 0.717) is 0 Å². The van der Waals surface area contributed by atoms with E-state index in [0.717, 1.165) is 0 Å². The summed E-state index contributed by atoms with van der Waals surface area (Å²) in [6.45, 7) is 0. The number of pyridine rings is 1. The molecule has 0 atom stereocenters. The van der Waals surface area contributed by atoms with Crippen molar-refractivity contribution in [3.05, 3.63) is 30.1 Å². The van der Waals surface area contributed by atoms with Gasteiger partial charge >= 0.3 is 5.97 Å².